The molecule has 1 rings (SSSR count). The molecular weight excluding hydrogens is 187 g/mol. The largest absolute Gasteiger partial charge is 0.287 e. The number of carbonyl (C=O) groups is 1. The highest BCUT2D eigenvalue weighted by Crippen LogP contribution is 2.06. The highest BCUT2D eigenvalue weighted by atomic mass is 35.5. The summed E-state index contributed by atoms with van der Waals surface area (Å²) in [5.74, 6) is -0.338. The maximum Gasteiger partial charge on any atom is 0.267 e. The number of amides is 1. The summed E-state index contributed by atoms with van der Waals surface area (Å²) in [7, 11) is 0. The number of hydrazine groups is 1. The molecule has 1 saturated heterocycles. The Morgan fingerprint density at radius 3 is 2.36 bits per heavy atom. The molecule has 0 saturated carbocycles. The molecule has 64 valence electrons. The number of nitrogens with one attached hydrogen (secondary N) is 1. The molecule has 1 heterocycles. The van der Waals surface area contributed by atoms with Crippen molar-refractivity contribution >= 4 is 29.1 Å². The summed E-state index contributed by atoms with van der Waals surface area (Å²) in [5.41, 5.74) is 2.61. The van der Waals surface area contributed by atoms with E-state index in [1.165, 1.54) is 0 Å². The number of rotatable bonds is 2. The second-order valence-electron chi connectivity index (χ2n) is 2.47. The molecule has 1 aliphatic heterocycles. The van der Waals surface area contributed by atoms with Crippen molar-refractivity contribution in [3.63, 3.8) is 0 Å². The van der Waals surface area contributed by atoms with Gasteiger partial charge in [0.25, 0.3) is 5.91 Å². The van der Waals surface area contributed by atoms with Gasteiger partial charge in [-0.15, -0.1) is 0 Å². The molecule has 0 aliphatic carbocycles. The molecule has 1 N–H and O–H groups in total. The normalized spacial score (nSPS) is 19.2. The molecule has 1 aliphatic rings. The van der Waals surface area contributed by atoms with Gasteiger partial charge in [0, 0.05) is 13.1 Å². The Kier molecular flexibility index (Phi) is 3.43. The van der Waals surface area contributed by atoms with Gasteiger partial charge in [-0.05, 0) is 12.8 Å². The van der Waals surface area contributed by atoms with E-state index in [2.05, 4.69) is 5.43 Å². The molecule has 0 aromatic carbocycles. The Hall–Kier alpha value is 0.01000. The van der Waals surface area contributed by atoms with E-state index in [-0.39, 0.29) is 5.91 Å². The second-order valence-corrected chi connectivity index (χ2v) is 3.57. The van der Waals surface area contributed by atoms with Gasteiger partial charge >= 0.3 is 0 Å². The number of halogens is 2. The number of carbonyl (C=O) groups excluding carboxylic acids is 1. The van der Waals surface area contributed by atoms with Crippen molar-refractivity contribution in [1.29, 1.82) is 0 Å². The molecule has 11 heavy (non-hydrogen) atoms. The quantitative estimate of drug-likeness (QED) is 0.667. The van der Waals surface area contributed by atoms with Crippen LogP contribution < -0.4 is 5.43 Å². The Balaban J connectivity index is 2.24. The molecule has 5 heteroatoms. The van der Waals surface area contributed by atoms with Crippen LogP contribution in [-0.2, 0) is 4.79 Å². The Morgan fingerprint density at radius 2 is 1.91 bits per heavy atom. The van der Waals surface area contributed by atoms with Crippen LogP contribution in [0.2, 0.25) is 0 Å². The first-order chi connectivity index (χ1) is 5.20. The van der Waals surface area contributed by atoms with Gasteiger partial charge in [0.15, 0.2) is 4.84 Å². The van der Waals surface area contributed by atoms with Crippen LogP contribution in [0.4, 0.5) is 0 Å². The molecule has 0 bridgehead atoms. The zero-order valence-electron chi connectivity index (χ0n) is 6.02. The van der Waals surface area contributed by atoms with E-state index in [1.54, 1.807) is 0 Å². The third kappa shape index (κ3) is 2.85. The first kappa shape index (κ1) is 9.10. The van der Waals surface area contributed by atoms with E-state index >= 15 is 0 Å². The Labute approximate surface area is 75.6 Å². The molecular formula is C6H10Cl2N2O. The van der Waals surface area contributed by atoms with Crippen LogP contribution in [0.1, 0.15) is 12.8 Å². The summed E-state index contributed by atoms with van der Waals surface area (Å²) in [6.45, 7) is 1.79. The Morgan fingerprint density at radius 1 is 1.36 bits per heavy atom. The van der Waals surface area contributed by atoms with Crippen molar-refractivity contribution in [2.24, 2.45) is 0 Å². The fraction of sp³-hybridized carbons (Fsp3) is 0.833. The van der Waals surface area contributed by atoms with E-state index in [9.17, 15) is 4.79 Å². The summed E-state index contributed by atoms with van der Waals surface area (Å²) in [6, 6.07) is 0. The predicted molar refractivity (Wildman–Crippen MR) is 44.4 cm³/mol. The third-order valence-electron chi connectivity index (χ3n) is 1.57. The molecule has 1 amide bonds. The van der Waals surface area contributed by atoms with Crippen molar-refractivity contribution < 1.29 is 4.79 Å². The minimum Gasteiger partial charge on any atom is -0.287 e. The monoisotopic (exact) mass is 196 g/mol. The maximum absolute atomic E-state index is 10.9. The number of nitrogens with zero attached hydrogens (tertiary/aromatic N) is 1. The first-order valence-corrected chi connectivity index (χ1v) is 4.41. The highest BCUT2D eigenvalue weighted by molar-refractivity contribution is 6.53. The minimum atomic E-state index is -0.962. The molecule has 0 aromatic rings. The summed E-state index contributed by atoms with van der Waals surface area (Å²) in [6.07, 6.45) is 2.24. The number of alkyl halides is 2. The molecule has 0 aromatic heterocycles. The van der Waals surface area contributed by atoms with Gasteiger partial charge in [0.2, 0.25) is 0 Å². The lowest BCUT2D eigenvalue weighted by Gasteiger charge is -2.15. The SMILES string of the molecule is O=C(NN1CCCC1)C(Cl)Cl. The van der Waals surface area contributed by atoms with Gasteiger partial charge in [-0.3, -0.25) is 10.2 Å². The maximum atomic E-state index is 10.9. The van der Waals surface area contributed by atoms with Crippen LogP contribution in [0.15, 0.2) is 0 Å². The molecule has 0 atom stereocenters. The van der Waals surface area contributed by atoms with Crippen LogP contribution in [0.5, 0.6) is 0 Å². The van der Waals surface area contributed by atoms with Crippen LogP contribution in [0.3, 0.4) is 0 Å². The van der Waals surface area contributed by atoms with Gasteiger partial charge in [0.05, 0.1) is 0 Å². The second kappa shape index (κ2) is 4.14. The van der Waals surface area contributed by atoms with Crippen molar-refractivity contribution in [2.45, 2.75) is 17.7 Å². The fourth-order valence-electron chi connectivity index (χ4n) is 1.03. The highest BCUT2D eigenvalue weighted by Gasteiger charge is 2.17. The van der Waals surface area contributed by atoms with Crippen LogP contribution >= 0.6 is 23.2 Å². The first-order valence-electron chi connectivity index (χ1n) is 3.54. The standard InChI is InChI=1S/C6H10Cl2N2O/c7-5(8)6(11)9-10-3-1-2-4-10/h5H,1-4H2,(H,9,11). The predicted octanol–water partition coefficient (Wildman–Crippen LogP) is 0.917. The van der Waals surface area contributed by atoms with E-state index < -0.39 is 4.84 Å². The zero-order chi connectivity index (χ0) is 8.27. The van der Waals surface area contributed by atoms with Crippen LogP contribution in [-0.4, -0.2) is 28.8 Å². The van der Waals surface area contributed by atoms with Crippen LogP contribution in [0, 0.1) is 0 Å². The lowest BCUT2D eigenvalue weighted by atomic mass is 10.4. The van der Waals surface area contributed by atoms with Gasteiger partial charge in [-0.1, -0.05) is 23.2 Å². The van der Waals surface area contributed by atoms with Crippen LogP contribution in [0.25, 0.3) is 0 Å². The third-order valence-corrected chi connectivity index (χ3v) is 1.97. The number of hydrogen-bond acceptors (Lipinski definition) is 2. The minimum absolute atomic E-state index is 0.338. The lowest BCUT2D eigenvalue weighted by molar-refractivity contribution is -0.123. The van der Waals surface area contributed by atoms with Crippen molar-refractivity contribution in [3.05, 3.63) is 0 Å². The lowest BCUT2D eigenvalue weighted by Crippen LogP contribution is -2.42. The molecule has 3 nitrogen and oxygen atoms in total. The van der Waals surface area contributed by atoms with Gasteiger partial charge < -0.3 is 0 Å². The average molecular weight is 197 g/mol. The van der Waals surface area contributed by atoms with Crippen molar-refractivity contribution in [1.82, 2.24) is 10.4 Å². The van der Waals surface area contributed by atoms with Gasteiger partial charge in [0.1, 0.15) is 0 Å². The van der Waals surface area contributed by atoms with E-state index in [0.717, 1.165) is 25.9 Å². The molecule has 0 unspecified atom stereocenters. The summed E-state index contributed by atoms with van der Waals surface area (Å²) >= 11 is 10.7. The van der Waals surface area contributed by atoms with E-state index in [0.29, 0.717) is 0 Å². The van der Waals surface area contributed by atoms with Gasteiger partial charge in [-0.2, -0.15) is 0 Å². The number of hydrogen-bond donors (Lipinski definition) is 1. The molecule has 1 fully saturated rings. The molecule has 0 radical (unpaired) electrons. The van der Waals surface area contributed by atoms with E-state index in [1.807, 2.05) is 5.01 Å². The zero-order valence-corrected chi connectivity index (χ0v) is 7.53. The summed E-state index contributed by atoms with van der Waals surface area (Å²) in [4.78, 5) is 9.92. The van der Waals surface area contributed by atoms with Crippen molar-refractivity contribution in [2.75, 3.05) is 13.1 Å². The summed E-state index contributed by atoms with van der Waals surface area (Å²) < 4.78 is 0. The smallest absolute Gasteiger partial charge is 0.267 e. The van der Waals surface area contributed by atoms with Gasteiger partial charge in [-0.25, -0.2) is 5.01 Å². The Bertz CT molecular complexity index is 146. The topological polar surface area (TPSA) is 32.3 Å². The molecule has 0 spiro atoms. The van der Waals surface area contributed by atoms with E-state index in [4.69, 9.17) is 23.2 Å². The summed E-state index contributed by atoms with van der Waals surface area (Å²) in [5, 5.41) is 1.83. The fourth-order valence-corrected chi connectivity index (χ4v) is 1.13. The van der Waals surface area contributed by atoms with Crippen molar-refractivity contribution in [3.8, 4) is 0 Å². The average Bonchev–Trinajstić information content (AvgIpc) is 2.39.